The molecule has 0 aliphatic carbocycles. The van der Waals surface area contributed by atoms with E-state index in [1.165, 1.54) is 31.4 Å². The second-order valence-electron chi connectivity index (χ2n) is 8.62. The lowest BCUT2D eigenvalue weighted by Gasteiger charge is -2.24. The molecule has 6 heteroatoms. The number of halogens is 1. The fraction of sp³-hybridized carbons (Fsp3) is 0.320. The van der Waals surface area contributed by atoms with Crippen LogP contribution in [0.3, 0.4) is 0 Å². The van der Waals surface area contributed by atoms with Crippen LogP contribution in [0.1, 0.15) is 43.2 Å². The fourth-order valence-electron chi connectivity index (χ4n) is 3.51. The van der Waals surface area contributed by atoms with Crippen LogP contribution in [0.2, 0.25) is 0 Å². The van der Waals surface area contributed by atoms with Gasteiger partial charge in [-0.2, -0.15) is 0 Å². The van der Waals surface area contributed by atoms with Crippen LogP contribution in [0.15, 0.2) is 41.2 Å². The SMILES string of the molecule is COc1cc(F)ccc1Oc1cc(C(C)(C)C)cc(C)c1-c1cc(=O)c(CO)c(C)[nH]1. The molecule has 31 heavy (non-hydrogen) atoms. The normalized spacial score (nSPS) is 11.5. The molecule has 0 spiro atoms. The third kappa shape index (κ3) is 4.64. The minimum atomic E-state index is -0.427. The Morgan fingerprint density at radius 2 is 1.74 bits per heavy atom. The molecule has 0 saturated carbocycles. The van der Waals surface area contributed by atoms with Crippen molar-refractivity contribution < 1.29 is 19.0 Å². The summed E-state index contributed by atoms with van der Waals surface area (Å²) in [5, 5.41) is 9.48. The minimum absolute atomic E-state index is 0.141. The Hall–Kier alpha value is -3.12. The maximum atomic E-state index is 13.7. The van der Waals surface area contributed by atoms with Gasteiger partial charge in [0.25, 0.3) is 0 Å². The first-order valence-electron chi connectivity index (χ1n) is 10.1. The number of aromatic nitrogens is 1. The number of hydrogen-bond acceptors (Lipinski definition) is 4. The highest BCUT2D eigenvalue weighted by Gasteiger charge is 2.22. The van der Waals surface area contributed by atoms with Crippen molar-refractivity contribution >= 4 is 0 Å². The molecule has 164 valence electrons. The van der Waals surface area contributed by atoms with Gasteiger partial charge in [0.15, 0.2) is 16.9 Å². The molecule has 0 radical (unpaired) electrons. The van der Waals surface area contributed by atoms with Crippen LogP contribution in [-0.4, -0.2) is 17.2 Å². The van der Waals surface area contributed by atoms with Crippen molar-refractivity contribution in [2.45, 2.75) is 46.6 Å². The highest BCUT2D eigenvalue weighted by atomic mass is 19.1. The molecule has 1 heterocycles. The fourth-order valence-corrected chi connectivity index (χ4v) is 3.51. The number of benzene rings is 2. The van der Waals surface area contributed by atoms with Crippen molar-refractivity contribution in [3.63, 3.8) is 0 Å². The number of ether oxygens (including phenoxy) is 2. The summed E-state index contributed by atoms with van der Waals surface area (Å²) in [5.74, 6) is 0.719. The molecule has 0 atom stereocenters. The number of rotatable bonds is 5. The number of H-pyrrole nitrogens is 1. The van der Waals surface area contributed by atoms with E-state index >= 15 is 0 Å². The molecule has 3 aromatic rings. The number of aryl methyl sites for hydroxylation is 2. The van der Waals surface area contributed by atoms with Gasteiger partial charge in [-0.1, -0.05) is 26.8 Å². The summed E-state index contributed by atoms with van der Waals surface area (Å²) in [5.41, 5.74) is 3.78. The van der Waals surface area contributed by atoms with Crippen LogP contribution in [0, 0.1) is 19.7 Å². The molecule has 0 amide bonds. The molecule has 0 aliphatic heterocycles. The van der Waals surface area contributed by atoms with Gasteiger partial charge in [-0.15, -0.1) is 0 Å². The Labute approximate surface area is 181 Å². The van der Waals surface area contributed by atoms with Gasteiger partial charge >= 0.3 is 0 Å². The number of aliphatic hydroxyl groups excluding tert-OH is 1. The van der Waals surface area contributed by atoms with Gasteiger partial charge < -0.3 is 19.6 Å². The molecule has 0 unspecified atom stereocenters. The average molecular weight is 426 g/mol. The summed E-state index contributed by atoms with van der Waals surface area (Å²) in [6.45, 7) is 9.68. The van der Waals surface area contributed by atoms with Crippen molar-refractivity contribution in [1.29, 1.82) is 0 Å². The van der Waals surface area contributed by atoms with Crippen LogP contribution in [-0.2, 0) is 12.0 Å². The molecule has 1 aromatic heterocycles. The summed E-state index contributed by atoms with van der Waals surface area (Å²) in [7, 11) is 1.45. The molecular weight excluding hydrogens is 397 g/mol. The van der Waals surface area contributed by atoms with E-state index in [4.69, 9.17) is 9.47 Å². The van der Waals surface area contributed by atoms with E-state index in [1.807, 2.05) is 13.0 Å². The van der Waals surface area contributed by atoms with E-state index in [0.29, 0.717) is 34.0 Å². The van der Waals surface area contributed by atoms with E-state index in [1.54, 1.807) is 6.92 Å². The topological polar surface area (TPSA) is 71.6 Å². The Bertz CT molecular complexity index is 1180. The van der Waals surface area contributed by atoms with Gasteiger partial charge in [0.1, 0.15) is 11.6 Å². The Balaban J connectivity index is 2.26. The zero-order valence-electron chi connectivity index (χ0n) is 18.7. The van der Waals surface area contributed by atoms with Crippen molar-refractivity contribution in [3.05, 3.63) is 74.8 Å². The van der Waals surface area contributed by atoms with Crippen LogP contribution in [0.5, 0.6) is 17.2 Å². The second-order valence-corrected chi connectivity index (χ2v) is 8.62. The summed E-state index contributed by atoms with van der Waals surface area (Å²) in [6.07, 6.45) is 0. The number of methoxy groups -OCH3 is 1. The highest BCUT2D eigenvalue weighted by molar-refractivity contribution is 5.73. The van der Waals surface area contributed by atoms with Crippen molar-refractivity contribution in [2.75, 3.05) is 7.11 Å². The average Bonchev–Trinajstić information content (AvgIpc) is 2.68. The molecule has 0 aliphatic rings. The number of aliphatic hydroxyl groups is 1. The Kier molecular flexibility index (Phi) is 6.23. The van der Waals surface area contributed by atoms with Crippen LogP contribution in [0.4, 0.5) is 4.39 Å². The van der Waals surface area contributed by atoms with Crippen molar-refractivity contribution in [2.24, 2.45) is 0 Å². The van der Waals surface area contributed by atoms with Gasteiger partial charge in [0.05, 0.1) is 19.4 Å². The number of aromatic amines is 1. The van der Waals surface area contributed by atoms with Crippen LogP contribution < -0.4 is 14.9 Å². The second kappa shape index (κ2) is 8.55. The van der Waals surface area contributed by atoms with E-state index in [2.05, 4.69) is 31.8 Å². The first-order valence-corrected chi connectivity index (χ1v) is 10.1. The van der Waals surface area contributed by atoms with Gasteiger partial charge in [0, 0.05) is 29.0 Å². The van der Waals surface area contributed by atoms with E-state index in [-0.39, 0.29) is 23.2 Å². The molecule has 0 fully saturated rings. The first-order chi connectivity index (χ1) is 14.5. The highest BCUT2D eigenvalue weighted by Crippen LogP contribution is 2.41. The zero-order valence-corrected chi connectivity index (χ0v) is 18.7. The lowest BCUT2D eigenvalue weighted by molar-refractivity contribution is 0.279. The number of nitrogens with one attached hydrogen (secondary N) is 1. The number of pyridine rings is 1. The number of hydrogen-bond donors (Lipinski definition) is 2. The standard InChI is InChI=1S/C25H28FNO4/c1-14-9-16(25(3,4)5)10-23(31-21-8-7-17(26)11-22(21)30-6)24(14)19-12-20(29)18(13-28)15(2)27-19/h7-12,28H,13H2,1-6H3,(H,27,29). The maximum absolute atomic E-state index is 13.7. The van der Waals surface area contributed by atoms with E-state index < -0.39 is 5.82 Å². The zero-order chi connectivity index (χ0) is 22.9. The molecular formula is C25H28FNO4. The predicted molar refractivity (Wildman–Crippen MR) is 120 cm³/mol. The molecule has 3 rings (SSSR count). The predicted octanol–water partition coefficient (Wildman–Crippen LogP) is 5.39. The van der Waals surface area contributed by atoms with E-state index in [9.17, 15) is 14.3 Å². The third-order valence-electron chi connectivity index (χ3n) is 5.29. The summed E-state index contributed by atoms with van der Waals surface area (Å²) < 4.78 is 25.2. The lowest BCUT2D eigenvalue weighted by atomic mass is 9.84. The quantitative estimate of drug-likeness (QED) is 0.575. The molecule has 2 aromatic carbocycles. The largest absolute Gasteiger partial charge is 0.493 e. The van der Waals surface area contributed by atoms with Gasteiger partial charge in [-0.05, 0) is 48.6 Å². The summed E-state index contributed by atoms with van der Waals surface area (Å²) in [4.78, 5) is 15.7. The minimum Gasteiger partial charge on any atom is -0.493 e. The van der Waals surface area contributed by atoms with Gasteiger partial charge in [-0.25, -0.2) is 4.39 Å². The maximum Gasteiger partial charge on any atom is 0.187 e. The summed E-state index contributed by atoms with van der Waals surface area (Å²) in [6, 6.07) is 9.54. The van der Waals surface area contributed by atoms with E-state index in [0.717, 1.165) is 11.1 Å². The summed E-state index contributed by atoms with van der Waals surface area (Å²) >= 11 is 0. The van der Waals surface area contributed by atoms with Crippen LogP contribution in [0.25, 0.3) is 11.3 Å². The van der Waals surface area contributed by atoms with Crippen molar-refractivity contribution in [3.8, 4) is 28.5 Å². The Morgan fingerprint density at radius 3 is 2.32 bits per heavy atom. The molecule has 0 saturated heterocycles. The monoisotopic (exact) mass is 425 g/mol. The first kappa shape index (κ1) is 22.6. The molecule has 0 bridgehead atoms. The third-order valence-corrected chi connectivity index (χ3v) is 5.29. The van der Waals surface area contributed by atoms with Gasteiger partial charge in [-0.3, -0.25) is 4.79 Å². The van der Waals surface area contributed by atoms with Crippen molar-refractivity contribution in [1.82, 2.24) is 4.98 Å². The van der Waals surface area contributed by atoms with Crippen LogP contribution >= 0.6 is 0 Å². The Morgan fingerprint density at radius 1 is 1.03 bits per heavy atom. The lowest BCUT2D eigenvalue weighted by Crippen LogP contribution is -2.14. The smallest absolute Gasteiger partial charge is 0.187 e. The van der Waals surface area contributed by atoms with Gasteiger partial charge in [0.2, 0.25) is 0 Å². The molecule has 5 nitrogen and oxygen atoms in total. The molecule has 2 N–H and O–H groups in total.